The molecular formula is C22H25O2P. The second kappa shape index (κ2) is 8.69. The normalized spacial score (nSPS) is 16.6. The second-order valence-electron chi connectivity index (χ2n) is 4.99. The van der Waals surface area contributed by atoms with E-state index in [9.17, 15) is 4.57 Å². The highest BCUT2D eigenvalue weighted by Gasteiger charge is 2.37. The molecule has 0 saturated heterocycles. The van der Waals surface area contributed by atoms with Crippen LogP contribution in [0.5, 0.6) is 5.75 Å². The first-order valence-corrected chi connectivity index (χ1v) is 10.5. The third-order valence-corrected chi connectivity index (χ3v) is 6.18. The minimum atomic E-state index is -3.09. The number of para-hydroxylation sites is 1. The van der Waals surface area contributed by atoms with Gasteiger partial charge in [0.05, 0.1) is 10.6 Å². The van der Waals surface area contributed by atoms with Crippen molar-refractivity contribution in [3.05, 3.63) is 78.9 Å². The van der Waals surface area contributed by atoms with Crippen LogP contribution in [0.25, 0.3) is 11.1 Å². The predicted molar refractivity (Wildman–Crippen MR) is 109 cm³/mol. The van der Waals surface area contributed by atoms with Crippen LogP contribution < -0.4 is 15.1 Å². The second-order valence-corrected chi connectivity index (χ2v) is 7.28. The molecule has 0 aliphatic carbocycles. The van der Waals surface area contributed by atoms with Gasteiger partial charge in [-0.15, -0.1) is 0 Å². The van der Waals surface area contributed by atoms with E-state index in [1.54, 1.807) is 0 Å². The van der Waals surface area contributed by atoms with Crippen molar-refractivity contribution >= 4 is 18.0 Å². The molecule has 4 rings (SSSR count). The molecule has 1 aliphatic rings. The number of hydrogen-bond donors (Lipinski definition) is 0. The Morgan fingerprint density at radius 1 is 0.640 bits per heavy atom. The molecule has 25 heavy (non-hydrogen) atoms. The van der Waals surface area contributed by atoms with Crippen LogP contribution in [0, 0.1) is 0 Å². The largest absolute Gasteiger partial charge is 0.436 e. The van der Waals surface area contributed by atoms with Crippen molar-refractivity contribution in [2.45, 2.75) is 27.7 Å². The number of hydrogen-bond acceptors (Lipinski definition) is 2. The summed E-state index contributed by atoms with van der Waals surface area (Å²) in [6, 6.07) is 25.0. The van der Waals surface area contributed by atoms with Gasteiger partial charge in [-0.3, -0.25) is 4.57 Å². The lowest BCUT2D eigenvalue weighted by Crippen LogP contribution is -2.25. The lowest BCUT2D eigenvalue weighted by atomic mass is 10.0. The van der Waals surface area contributed by atoms with Crippen LogP contribution in [0.3, 0.4) is 0 Å². The van der Waals surface area contributed by atoms with Gasteiger partial charge >= 0.3 is 7.37 Å². The Labute approximate surface area is 151 Å². The van der Waals surface area contributed by atoms with Crippen LogP contribution in [0.1, 0.15) is 27.7 Å². The van der Waals surface area contributed by atoms with Gasteiger partial charge in [-0.1, -0.05) is 82.3 Å². The van der Waals surface area contributed by atoms with E-state index in [-0.39, 0.29) is 0 Å². The first kappa shape index (κ1) is 19.0. The number of rotatable bonds is 1. The molecule has 0 spiro atoms. The summed E-state index contributed by atoms with van der Waals surface area (Å²) in [6.07, 6.45) is 0. The van der Waals surface area contributed by atoms with Gasteiger partial charge in [0, 0.05) is 5.56 Å². The smallest absolute Gasteiger partial charge is 0.307 e. The maximum absolute atomic E-state index is 13.6. The molecule has 0 saturated carbocycles. The molecule has 0 fully saturated rings. The molecule has 1 aliphatic heterocycles. The van der Waals surface area contributed by atoms with Crippen LogP contribution in [0.4, 0.5) is 0 Å². The Hall–Kier alpha value is -2.31. The van der Waals surface area contributed by atoms with Gasteiger partial charge in [0.15, 0.2) is 0 Å². The van der Waals surface area contributed by atoms with E-state index in [1.807, 2.05) is 107 Å². The van der Waals surface area contributed by atoms with E-state index in [2.05, 4.69) is 0 Å². The topological polar surface area (TPSA) is 26.3 Å². The first-order valence-electron chi connectivity index (χ1n) is 8.83. The fraction of sp³-hybridized carbons (Fsp3) is 0.182. The SMILES string of the molecule is CC.CC.O=P1(c2ccccc2)Oc2ccccc2-c2ccccc21. The van der Waals surface area contributed by atoms with Crippen molar-refractivity contribution in [3.63, 3.8) is 0 Å². The molecule has 130 valence electrons. The van der Waals surface area contributed by atoms with E-state index < -0.39 is 7.37 Å². The van der Waals surface area contributed by atoms with Crippen molar-refractivity contribution < 1.29 is 9.09 Å². The molecule has 3 aromatic carbocycles. The van der Waals surface area contributed by atoms with Gasteiger partial charge in [0.1, 0.15) is 5.75 Å². The molecule has 0 aromatic heterocycles. The van der Waals surface area contributed by atoms with Crippen molar-refractivity contribution in [1.82, 2.24) is 0 Å². The minimum absolute atomic E-state index is 0.684. The average molecular weight is 352 g/mol. The zero-order chi connectivity index (χ0) is 18.3. The first-order chi connectivity index (χ1) is 12.3. The molecule has 0 N–H and O–H groups in total. The standard InChI is InChI=1S/C18H13O2P.2C2H6/c19-21(14-8-2-1-3-9-14)18-13-7-5-11-16(18)15-10-4-6-12-17(15)20-21;2*1-2/h1-13H;2*1-2H3. The Kier molecular flexibility index (Phi) is 6.61. The molecular weight excluding hydrogens is 327 g/mol. The molecule has 1 atom stereocenters. The van der Waals surface area contributed by atoms with Gasteiger partial charge in [0.25, 0.3) is 0 Å². The molecule has 3 heteroatoms. The van der Waals surface area contributed by atoms with Crippen LogP contribution in [-0.2, 0) is 4.57 Å². The van der Waals surface area contributed by atoms with Gasteiger partial charge in [-0.25, -0.2) is 0 Å². The van der Waals surface area contributed by atoms with E-state index in [0.29, 0.717) is 5.75 Å². The Morgan fingerprint density at radius 2 is 1.16 bits per heavy atom. The third kappa shape index (κ3) is 3.55. The van der Waals surface area contributed by atoms with Crippen LogP contribution in [0.15, 0.2) is 78.9 Å². The molecule has 0 amide bonds. The molecule has 3 aromatic rings. The summed E-state index contributed by atoms with van der Waals surface area (Å²) >= 11 is 0. The Bertz CT molecular complexity index is 857. The molecule has 1 unspecified atom stereocenters. The molecule has 1 heterocycles. The summed E-state index contributed by atoms with van der Waals surface area (Å²) in [5.74, 6) is 0.684. The zero-order valence-electron chi connectivity index (χ0n) is 15.3. The van der Waals surface area contributed by atoms with Crippen molar-refractivity contribution in [1.29, 1.82) is 0 Å². The summed E-state index contributed by atoms with van der Waals surface area (Å²) in [5.41, 5.74) is 1.99. The summed E-state index contributed by atoms with van der Waals surface area (Å²) < 4.78 is 19.6. The number of fused-ring (bicyclic) bond motifs is 3. The Morgan fingerprint density at radius 3 is 1.84 bits per heavy atom. The van der Waals surface area contributed by atoms with Crippen molar-refractivity contribution in [2.75, 3.05) is 0 Å². The summed E-state index contributed by atoms with van der Waals surface area (Å²) in [5, 5.41) is 1.50. The van der Waals surface area contributed by atoms with Gasteiger partial charge < -0.3 is 4.52 Å². The predicted octanol–water partition coefficient (Wildman–Crippen LogP) is 6.03. The van der Waals surface area contributed by atoms with Crippen LogP contribution in [0.2, 0.25) is 0 Å². The lowest BCUT2D eigenvalue weighted by Gasteiger charge is -2.28. The van der Waals surface area contributed by atoms with E-state index >= 15 is 0 Å². The highest BCUT2D eigenvalue weighted by molar-refractivity contribution is 7.75. The molecule has 0 radical (unpaired) electrons. The highest BCUT2D eigenvalue weighted by atomic mass is 31.2. The highest BCUT2D eigenvalue weighted by Crippen LogP contribution is 2.53. The van der Waals surface area contributed by atoms with Crippen molar-refractivity contribution in [2.24, 2.45) is 0 Å². The Balaban J connectivity index is 0.000000528. The fourth-order valence-electron chi connectivity index (χ4n) is 2.73. The maximum Gasteiger partial charge on any atom is 0.307 e. The van der Waals surface area contributed by atoms with E-state index in [0.717, 1.165) is 21.7 Å². The monoisotopic (exact) mass is 352 g/mol. The third-order valence-electron chi connectivity index (χ3n) is 3.72. The minimum Gasteiger partial charge on any atom is -0.436 e. The summed E-state index contributed by atoms with van der Waals surface area (Å²) in [4.78, 5) is 0. The fourth-order valence-corrected chi connectivity index (χ4v) is 5.01. The lowest BCUT2D eigenvalue weighted by molar-refractivity contribution is 0.501. The number of benzene rings is 3. The van der Waals surface area contributed by atoms with Crippen LogP contribution >= 0.6 is 7.37 Å². The average Bonchev–Trinajstić information content (AvgIpc) is 2.72. The maximum atomic E-state index is 13.6. The van der Waals surface area contributed by atoms with Crippen molar-refractivity contribution in [3.8, 4) is 16.9 Å². The molecule has 2 nitrogen and oxygen atoms in total. The van der Waals surface area contributed by atoms with Gasteiger partial charge in [-0.2, -0.15) is 0 Å². The summed E-state index contributed by atoms with van der Waals surface area (Å²) in [7, 11) is -3.09. The van der Waals surface area contributed by atoms with Crippen LogP contribution in [-0.4, -0.2) is 0 Å². The van der Waals surface area contributed by atoms with E-state index in [4.69, 9.17) is 4.52 Å². The van der Waals surface area contributed by atoms with E-state index in [1.165, 1.54) is 0 Å². The summed E-state index contributed by atoms with van der Waals surface area (Å²) in [6.45, 7) is 8.00. The van der Waals surface area contributed by atoms with Gasteiger partial charge in [0.2, 0.25) is 0 Å². The quantitative estimate of drug-likeness (QED) is 0.500. The molecule has 0 bridgehead atoms. The van der Waals surface area contributed by atoms with Gasteiger partial charge in [-0.05, 0) is 29.8 Å². The zero-order valence-corrected chi connectivity index (χ0v) is 16.2.